The van der Waals surface area contributed by atoms with Gasteiger partial charge < -0.3 is 15.4 Å². The first-order chi connectivity index (χ1) is 11.0. The van der Waals surface area contributed by atoms with Crippen molar-refractivity contribution in [1.29, 1.82) is 0 Å². The highest BCUT2D eigenvalue weighted by Crippen LogP contribution is 2.22. The van der Waals surface area contributed by atoms with Crippen LogP contribution in [0.5, 0.6) is 5.75 Å². The Kier molecular flexibility index (Phi) is 5.63. The van der Waals surface area contributed by atoms with Crippen LogP contribution in [0.2, 0.25) is 0 Å². The van der Waals surface area contributed by atoms with Crippen molar-refractivity contribution in [3.8, 4) is 5.75 Å². The normalized spacial score (nSPS) is 10.3. The molecule has 2 aromatic carbocycles. The zero-order valence-electron chi connectivity index (χ0n) is 14.2. The van der Waals surface area contributed by atoms with Crippen molar-refractivity contribution in [2.75, 3.05) is 24.3 Å². The number of benzene rings is 2. The molecule has 4 nitrogen and oxygen atoms in total. The van der Waals surface area contributed by atoms with Gasteiger partial charge in [-0.1, -0.05) is 17.7 Å². The van der Waals surface area contributed by atoms with E-state index in [0.717, 1.165) is 28.3 Å². The molecule has 0 aromatic heterocycles. The van der Waals surface area contributed by atoms with Crippen LogP contribution in [0, 0.1) is 20.8 Å². The average molecular weight is 312 g/mol. The zero-order valence-corrected chi connectivity index (χ0v) is 14.2. The fourth-order valence-electron chi connectivity index (χ4n) is 2.61. The summed E-state index contributed by atoms with van der Waals surface area (Å²) in [4.78, 5) is 12.1. The number of ether oxygens (including phenoxy) is 1. The minimum Gasteiger partial charge on any atom is -0.497 e. The number of carbonyl (C=O) groups is 1. The van der Waals surface area contributed by atoms with Crippen molar-refractivity contribution < 1.29 is 9.53 Å². The molecule has 0 unspecified atom stereocenters. The summed E-state index contributed by atoms with van der Waals surface area (Å²) < 4.78 is 5.12. The van der Waals surface area contributed by atoms with E-state index in [1.165, 1.54) is 5.56 Å². The molecule has 0 spiro atoms. The predicted molar refractivity (Wildman–Crippen MR) is 95.4 cm³/mol. The van der Waals surface area contributed by atoms with Gasteiger partial charge in [0.05, 0.1) is 7.11 Å². The van der Waals surface area contributed by atoms with Gasteiger partial charge in [-0.2, -0.15) is 0 Å². The molecule has 0 atom stereocenters. The Morgan fingerprint density at radius 1 is 1.04 bits per heavy atom. The summed E-state index contributed by atoms with van der Waals surface area (Å²) >= 11 is 0. The van der Waals surface area contributed by atoms with Crippen molar-refractivity contribution in [2.24, 2.45) is 0 Å². The molecule has 0 bridgehead atoms. The Morgan fingerprint density at radius 3 is 2.22 bits per heavy atom. The van der Waals surface area contributed by atoms with Gasteiger partial charge in [-0.15, -0.1) is 0 Å². The third kappa shape index (κ3) is 4.74. The third-order valence-electron chi connectivity index (χ3n) is 3.71. The van der Waals surface area contributed by atoms with Gasteiger partial charge in [-0.25, -0.2) is 0 Å². The van der Waals surface area contributed by atoms with E-state index in [2.05, 4.69) is 29.7 Å². The molecule has 2 aromatic rings. The van der Waals surface area contributed by atoms with Gasteiger partial charge in [-0.05, 0) is 56.2 Å². The van der Waals surface area contributed by atoms with E-state index in [1.807, 2.05) is 38.1 Å². The topological polar surface area (TPSA) is 50.4 Å². The van der Waals surface area contributed by atoms with Crippen LogP contribution >= 0.6 is 0 Å². The number of methoxy groups -OCH3 is 1. The van der Waals surface area contributed by atoms with Crippen LogP contribution in [-0.4, -0.2) is 19.6 Å². The van der Waals surface area contributed by atoms with Crippen molar-refractivity contribution in [3.05, 3.63) is 53.1 Å². The van der Waals surface area contributed by atoms with Crippen molar-refractivity contribution >= 4 is 17.3 Å². The lowest BCUT2D eigenvalue weighted by Gasteiger charge is -2.13. The monoisotopic (exact) mass is 312 g/mol. The Labute approximate surface area is 137 Å². The Bertz CT molecular complexity index is 655. The van der Waals surface area contributed by atoms with Crippen molar-refractivity contribution in [2.45, 2.75) is 27.2 Å². The molecular formula is C19H24N2O2. The highest BCUT2D eigenvalue weighted by molar-refractivity contribution is 5.92. The van der Waals surface area contributed by atoms with E-state index in [-0.39, 0.29) is 5.91 Å². The maximum Gasteiger partial charge on any atom is 0.226 e. The molecule has 4 heteroatoms. The van der Waals surface area contributed by atoms with Crippen LogP contribution in [0.25, 0.3) is 0 Å². The molecule has 0 aliphatic carbocycles. The predicted octanol–water partition coefficient (Wildman–Crippen LogP) is 4.06. The molecule has 0 aliphatic heterocycles. The smallest absolute Gasteiger partial charge is 0.226 e. The number of amides is 1. The maximum absolute atomic E-state index is 12.1. The molecular weight excluding hydrogens is 288 g/mol. The Hall–Kier alpha value is -2.49. The van der Waals surface area contributed by atoms with E-state index >= 15 is 0 Å². The molecule has 0 saturated heterocycles. The molecule has 1 amide bonds. The van der Waals surface area contributed by atoms with Gasteiger partial charge in [0.15, 0.2) is 0 Å². The molecule has 0 heterocycles. The molecule has 0 saturated carbocycles. The summed E-state index contributed by atoms with van der Waals surface area (Å²) in [6, 6.07) is 11.8. The lowest BCUT2D eigenvalue weighted by Crippen LogP contribution is -2.17. The minimum absolute atomic E-state index is 0.0149. The fourth-order valence-corrected chi connectivity index (χ4v) is 2.61. The number of nitrogens with one attached hydrogen (secondary N) is 2. The summed E-state index contributed by atoms with van der Waals surface area (Å²) in [6.45, 7) is 6.68. The highest BCUT2D eigenvalue weighted by Gasteiger charge is 2.08. The van der Waals surface area contributed by atoms with Crippen molar-refractivity contribution in [1.82, 2.24) is 0 Å². The summed E-state index contributed by atoms with van der Waals surface area (Å²) in [7, 11) is 1.64. The second-order valence-electron chi connectivity index (χ2n) is 5.73. The molecule has 23 heavy (non-hydrogen) atoms. The van der Waals surface area contributed by atoms with Crippen LogP contribution in [0.3, 0.4) is 0 Å². The van der Waals surface area contributed by atoms with Crippen LogP contribution in [0.15, 0.2) is 36.4 Å². The summed E-state index contributed by atoms with van der Waals surface area (Å²) in [5.74, 6) is 0.833. The van der Waals surface area contributed by atoms with E-state index < -0.39 is 0 Å². The maximum atomic E-state index is 12.1. The first-order valence-electron chi connectivity index (χ1n) is 7.75. The largest absolute Gasteiger partial charge is 0.497 e. The summed E-state index contributed by atoms with van der Waals surface area (Å²) in [5, 5.41) is 6.25. The molecule has 0 radical (unpaired) electrons. The third-order valence-corrected chi connectivity index (χ3v) is 3.71. The standard InChI is InChI=1S/C19H24N2O2/c1-13-11-14(2)19(15(3)12-13)21-18(22)9-10-20-16-5-7-17(23-4)8-6-16/h5-8,11-12,20H,9-10H2,1-4H3,(H,21,22). The van der Waals surface area contributed by atoms with Gasteiger partial charge in [0.1, 0.15) is 5.75 Å². The van der Waals surface area contributed by atoms with Crippen LogP contribution in [0.4, 0.5) is 11.4 Å². The fraction of sp³-hybridized carbons (Fsp3) is 0.316. The van der Waals surface area contributed by atoms with Crippen LogP contribution < -0.4 is 15.4 Å². The minimum atomic E-state index is 0.0149. The molecule has 122 valence electrons. The number of hydrogen-bond acceptors (Lipinski definition) is 3. The zero-order chi connectivity index (χ0) is 16.8. The van der Waals surface area contributed by atoms with E-state index in [0.29, 0.717) is 13.0 Å². The number of carbonyl (C=O) groups excluding carboxylic acids is 1. The SMILES string of the molecule is COc1ccc(NCCC(=O)Nc2c(C)cc(C)cc2C)cc1. The van der Waals surface area contributed by atoms with E-state index in [9.17, 15) is 4.79 Å². The van der Waals surface area contributed by atoms with Gasteiger partial charge in [-0.3, -0.25) is 4.79 Å². The van der Waals surface area contributed by atoms with E-state index in [4.69, 9.17) is 4.74 Å². The number of rotatable bonds is 6. The second-order valence-corrected chi connectivity index (χ2v) is 5.73. The van der Waals surface area contributed by atoms with E-state index in [1.54, 1.807) is 7.11 Å². The molecule has 2 rings (SSSR count). The summed E-state index contributed by atoms with van der Waals surface area (Å²) in [6.07, 6.45) is 0.415. The Balaban J connectivity index is 1.85. The first kappa shape index (κ1) is 16.9. The average Bonchev–Trinajstić information content (AvgIpc) is 2.51. The van der Waals surface area contributed by atoms with Gasteiger partial charge in [0, 0.05) is 24.3 Å². The number of aryl methyl sites for hydroxylation is 3. The van der Waals surface area contributed by atoms with Crippen molar-refractivity contribution in [3.63, 3.8) is 0 Å². The van der Waals surface area contributed by atoms with Crippen LogP contribution in [-0.2, 0) is 4.79 Å². The first-order valence-corrected chi connectivity index (χ1v) is 7.75. The number of anilines is 2. The highest BCUT2D eigenvalue weighted by atomic mass is 16.5. The Morgan fingerprint density at radius 2 is 1.65 bits per heavy atom. The molecule has 0 fully saturated rings. The van der Waals surface area contributed by atoms with Gasteiger partial charge >= 0.3 is 0 Å². The molecule has 0 aliphatic rings. The lowest BCUT2D eigenvalue weighted by molar-refractivity contribution is -0.115. The lowest BCUT2D eigenvalue weighted by atomic mass is 10.1. The molecule has 2 N–H and O–H groups in total. The second kappa shape index (κ2) is 7.68. The van der Waals surface area contributed by atoms with Gasteiger partial charge in [0.2, 0.25) is 5.91 Å². The van der Waals surface area contributed by atoms with Crippen LogP contribution in [0.1, 0.15) is 23.1 Å². The van der Waals surface area contributed by atoms with Gasteiger partial charge in [0.25, 0.3) is 0 Å². The summed E-state index contributed by atoms with van der Waals surface area (Å²) in [5.41, 5.74) is 5.29. The quantitative estimate of drug-likeness (QED) is 0.845. The number of hydrogen-bond donors (Lipinski definition) is 2.